The highest BCUT2D eigenvalue weighted by molar-refractivity contribution is 6.26. The predicted octanol–water partition coefficient (Wildman–Crippen LogP) is 13.8. The van der Waals surface area contributed by atoms with Gasteiger partial charge in [-0.05, 0) is 74.1 Å². The second-order valence-corrected chi connectivity index (χ2v) is 14.4. The van der Waals surface area contributed by atoms with Crippen molar-refractivity contribution in [3.8, 4) is 44.9 Å². The fourth-order valence-electron chi connectivity index (χ4n) is 8.56. The molecule has 0 unspecified atom stereocenters. The molecule has 0 fully saturated rings. The maximum atomic E-state index is 5.50. The van der Waals surface area contributed by atoms with Crippen LogP contribution in [0.3, 0.4) is 0 Å². The SMILES string of the molecule is Cc1cc2nc(-c3ccccc3)c(-c3ccccc3)nc2c2c1c(-c1ccc(-c3ccc4c5ccccc5c5ccccc5c4c3)cc1)nc1ccccc12. The van der Waals surface area contributed by atoms with Gasteiger partial charge in [0.2, 0.25) is 0 Å². The molecular weight excluding hydrogens is 667 g/mol. The zero-order chi connectivity index (χ0) is 36.5. The van der Waals surface area contributed by atoms with Gasteiger partial charge in [0, 0.05) is 32.8 Å². The van der Waals surface area contributed by atoms with E-state index in [-0.39, 0.29) is 0 Å². The zero-order valence-corrected chi connectivity index (χ0v) is 30.2. The van der Waals surface area contributed by atoms with Crippen molar-refractivity contribution in [2.24, 2.45) is 0 Å². The normalized spacial score (nSPS) is 11.7. The van der Waals surface area contributed by atoms with E-state index in [1.165, 1.54) is 43.4 Å². The van der Waals surface area contributed by atoms with Crippen LogP contribution in [-0.4, -0.2) is 15.0 Å². The lowest BCUT2D eigenvalue weighted by Gasteiger charge is -2.17. The molecule has 9 aromatic carbocycles. The molecule has 0 bridgehead atoms. The van der Waals surface area contributed by atoms with Gasteiger partial charge in [-0.15, -0.1) is 0 Å². The topological polar surface area (TPSA) is 38.7 Å². The molecule has 0 aliphatic rings. The van der Waals surface area contributed by atoms with Crippen LogP contribution < -0.4 is 0 Å². The van der Waals surface area contributed by atoms with Crippen LogP contribution in [0, 0.1) is 6.92 Å². The largest absolute Gasteiger partial charge is 0.247 e. The van der Waals surface area contributed by atoms with Gasteiger partial charge in [0.25, 0.3) is 0 Å². The van der Waals surface area contributed by atoms with Crippen LogP contribution in [0.4, 0.5) is 0 Å². The number of rotatable bonds is 4. The molecule has 2 heterocycles. The molecule has 0 N–H and O–H groups in total. The van der Waals surface area contributed by atoms with E-state index < -0.39 is 0 Å². The van der Waals surface area contributed by atoms with Crippen molar-refractivity contribution in [1.29, 1.82) is 0 Å². The van der Waals surface area contributed by atoms with E-state index in [1.54, 1.807) is 0 Å². The van der Waals surface area contributed by atoms with Gasteiger partial charge in [-0.2, -0.15) is 0 Å². The highest BCUT2D eigenvalue weighted by Gasteiger charge is 2.20. The lowest BCUT2D eigenvalue weighted by atomic mass is 9.91. The summed E-state index contributed by atoms with van der Waals surface area (Å²) in [7, 11) is 0. The lowest BCUT2D eigenvalue weighted by Crippen LogP contribution is -1.99. The van der Waals surface area contributed by atoms with Gasteiger partial charge in [-0.25, -0.2) is 15.0 Å². The monoisotopic (exact) mass is 699 g/mol. The van der Waals surface area contributed by atoms with E-state index >= 15 is 0 Å². The van der Waals surface area contributed by atoms with Crippen LogP contribution in [-0.2, 0) is 0 Å². The molecule has 0 radical (unpaired) electrons. The second kappa shape index (κ2) is 12.4. The first kappa shape index (κ1) is 31.3. The lowest BCUT2D eigenvalue weighted by molar-refractivity contribution is 1.29. The summed E-state index contributed by atoms with van der Waals surface area (Å²) in [6, 6.07) is 64.7. The number of aryl methyl sites for hydroxylation is 1. The number of para-hydroxylation sites is 1. The van der Waals surface area contributed by atoms with E-state index in [4.69, 9.17) is 15.0 Å². The maximum absolute atomic E-state index is 5.50. The third-order valence-corrected chi connectivity index (χ3v) is 11.1. The Balaban J connectivity index is 1.11. The summed E-state index contributed by atoms with van der Waals surface area (Å²) in [6.07, 6.45) is 0. The summed E-state index contributed by atoms with van der Waals surface area (Å²) < 4.78 is 0. The Bertz CT molecular complexity index is 3260. The fraction of sp³-hybridized carbons (Fsp3) is 0.0192. The molecule has 0 aliphatic heterocycles. The molecule has 256 valence electrons. The maximum Gasteiger partial charge on any atom is 0.0980 e. The second-order valence-electron chi connectivity index (χ2n) is 14.4. The van der Waals surface area contributed by atoms with E-state index in [9.17, 15) is 0 Å². The highest BCUT2D eigenvalue weighted by Crippen LogP contribution is 2.42. The zero-order valence-electron chi connectivity index (χ0n) is 30.2. The standard InChI is InChI=1S/C52H33N3/c1-32-30-46-52(55-51(35-16-6-3-7-17-35)50(54-46)34-14-4-2-5-15-34)48-43-22-12-13-23-45(43)53-49(47(32)48)36-26-24-33(25-27-36)37-28-29-42-40-20-9-8-18-38(40)39-19-10-11-21-41(39)44(42)31-37/h2-31H,1H3. The predicted molar refractivity (Wildman–Crippen MR) is 231 cm³/mol. The van der Waals surface area contributed by atoms with Crippen molar-refractivity contribution in [2.45, 2.75) is 6.92 Å². The molecule has 0 aliphatic carbocycles. The van der Waals surface area contributed by atoms with Crippen LogP contribution in [0.25, 0.3) is 110 Å². The third-order valence-electron chi connectivity index (χ3n) is 11.1. The minimum Gasteiger partial charge on any atom is -0.247 e. The van der Waals surface area contributed by atoms with Crippen LogP contribution in [0.15, 0.2) is 182 Å². The summed E-state index contributed by atoms with van der Waals surface area (Å²) in [6.45, 7) is 2.17. The van der Waals surface area contributed by atoms with Crippen molar-refractivity contribution in [3.63, 3.8) is 0 Å². The van der Waals surface area contributed by atoms with Crippen molar-refractivity contribution < 1.29 is 0 Å². The Hall–Kier alpha value is -7.23. The van der Waals surface area contributed by atoms with Gasteiger partial charge in [0.05, 0.1) is 33.6 Å². The van der Waals surface area contributed by atoms with Crippen molar-refractivity contribution in [1.82, 2.24) is 15.0 Å². The van der Waals surface area contributed by atoms with Gasteiger partial charge in [-0.3, -0.25) is 0 Å². The van der Waals surface area contributed by atoms with E-state index in [0.717, 1.165) is 72.0 Å². The van der Waals surface area contributed by atoms with Gasteiger partial charge in [-0.1, -0.05) is 164 Å². The number of aromatic nitrogens is 3. The van der Waals surface area contributed by atoms with E-state index in [2.05, 4.69) is 177 Å². The summed E-state index contributed by atoms with van der Waals surface area (Å²) in [5.74, 6) is 0. The van der Waals surface area contributed by atoms with Crippen LogP contribution in [0.1, 0.15) is 5.56 Å². The van der Waals surface area contributed by atoms with Crippen LogP contribution >= 0.6 is 0 Å². The molecule has 11 aromatic rings. The minimum atomic E-state index is 0.868. The molecule has 3 nitrogen and oxygen atoms in total. The number of pyridine rings is 1. The van der Waals surface area contributed by atoms with Crippen molar-refractivity contribution >= 4 is 65.0 Å². The summed E-state index contributed by atoms with van der Waals surface area (Å²) in [4.78, 5) is 16.2. The first-order valence-electron chi connectivity index (χ1n) is 18.8. The van der Waals surface area contributed by atoms with Gasteiger partial charge >= 0.3 is 0 Å². The minimum absolute atomic E-state index is 0.868. The summed E-state index contributed by atoms with van der Waals surface area (Å²) in [5, 5.41) is 10.9. The van der Waals surface area contributed by atoms with Crippen LogP contribution in [0.2, 0.25) is 0 Å². The van der Waals surface area contributed by atoms with Gasteiger partial charge in [0.1, 0.15) is 0 Å². The van der Waals surface area contributed by atoms with Crippen molar-refractivity contribution in [2.75, 3.05) is 0 Å². The molecular formula is C52H33N3. The summed E-state index contributed by atoms with van der Waals surface area (Å²) in [5.41, 5.74) is 12.0. The quantitative estimate of drug-likeness (QED) is 0.172. The Morgan fingerprint density at radius 3 is 1.38 bits per heavy atom. The van der Waals surface area contributed by atoms with Crippen LogP contribution in [0.5, 0.6) is 0 Å². The highest BCUT2D eigenvalue weighted by atomic mass is 14.8. The fourth-order valence-corrected chi connectivity index (χ4v) is 8.56. The van der Waals surface area contributed by atoms with Gasteiger partial charge < -0.3 is 0 Å². The first-order valence-corrected chi connectivity index (χ1v) is 18.8. The molecule has 0 saturated carbocycles. The molecule has 3 heteroatoms. The average Bonchev–Trinajstić information content (AvgIpc) is 3.26. The molecule has 0 saturated heterocycles. The average molecular weight is 700 g/mol. The molecule has 0 atom stereocenters. The smallest absolute Gasteiger partial charge is 0.0980 e. The number of hydrogen-bond donors (Lipinski definition) is 0. The Morgan fingerprint density at radius 2 is 0.745 bits per heavy atom. The molecule has 11 rings (SSSR count). The molecule has 55 heavy (non-hydrogen) atoms. The van der Waals surface area contributed by atoms with Gasteiger partial charge in [0.15, 0.2) is 0 Å². The number of hydrogen-bond acceptors (Lipinski definition) is 3. The number of nitrogens with zero attached hydrogens (tertiary/aromatic N) is 3. The Labute approximate surface area is 318 Å². The van der Waals surface area contributed by atoms with Crippen molar-refractivity contribution in [3.05, 3.63) is 188 Å². The Kier molecular flexibility index (Phi) is 7.08. The third kappa shape index (κ3) is 5.01. The first-order chi connectivity index (χ1) is 27.2. The molecule has 2 aromatic heterocycles. The summed E-state index contributed by atoms with van der Waals surface area (Å²) >= 11 is 0. The van der Waals surface area contributed by atoms with E-state index in [1.807, 2.05) is 12.1 Å². The Morgan fingerprint density at radius 1 is 0.291 bits per heavy atom. The number of fused-ring (bicyclic) bond motifs is 11. The molecule has 0 spiro atoms. The van der Waals surface area contributed by atoms with E-state index in [0.29, 0.717) is 0 Å². The number of benzene rings is 9. The molecule has 0 amide bonds.